The van der Waals surface area contributed by atoms with E-state index in [0.717, 1.165) is 0 Å². The van der Waals surface area contributed by atoms with Crippen LogP contribution in [0.3, 0.4) is 0 Å². The lowest BCUT2D eigenvalue weighted by Crippen LogP contribution is -2.57. The lowest BCUT2D eigenvalue weighted by Gasteiger charge is -2.46. The number of halogens is 2. The SMILES string of the molecule is O=C(c1c(Cl)cccc1Cl)N1CC(C2CS(=O)(=O)C2)C1. The number of hydrogen-bond donors (Lipinski definition) is 0. The summed E-state index contributed by atoms with van der Waals surface area (Å²) in [6, 6.07) is 4.96. The maximum atomic E-state index is 12.3. The van der Waals surface area contributed by atoms with Crippen molar-refractivity contribution in [3.8, 4) is 0 Å². The molecule has 4 nitrogen and oxygen atoms in total. The zero-order valence-corrected chi connectivity index (χ0v) is 12.9. The highest BCUT2D eigenvalue weighted by atomic mass is 35.5. The van der Waals surface area contributed by atoms with Gasteiger partial charge >= 0.3 is 0 Å². The maximum Gasteiger partial charge on any atom is 0.256 e. The molecule has 0 bridgehead atoms. The summed E-state index contributed by atoms with van der Waals surface area (Å²) >= 11 is 12.0. The summed E-state index contributed by atoms with van der Waals surface area (Å²) in [5.74, 6) is 0.813. The molecule has 1 aromatic carbocycles. The number of hydrogen-bond acceptors (Lipinski definition) is 3. The molecule has 0 N–H and O–H groups in total. The van der Waals surface area contributed by atoms with Crippen LogP contribution in [0, 0.1) is 11.8 Å². The van der Waals surface area contributed by atoms with E-state index >= 15 is 0 Å². The quantitative estimate of drug-likeness (QED) is 0.832. The van der Waals surface area contributed by atoms with Crippen molar-refractivity contribution in [2.24, 2.45) is 11.8 Å². The van der Waals surface area contributed by atoms with Gasteiger partial charge in [0.05, 0.1) is 27.1 Å². The highest BCUT2D eigenvalue weighted by Gasteiger charge is 2.45. The molecular weight excluding hydrogens is 321 g/mol. The van der Waals surface area contributed by atoms with Crippen LogP contribution in [0.15, 0.2) is 18.2 Å². The molecule has 0 aromatic heterocycles. The second-order valence-corrected chi connectivity index (χ2v) is 8.37. The molecular formula is C13H13Cl2NO3S. The van der Waals surface area contributed by atoms with Gasteiger partial charge in [-0.15, -0.1) is 0 Å². The highest BCUT2D eigenvalue weighted by molar-refractivity contribution is 7.92. The van der Waals surface area contributed by atoms with Crippen LogP contribution < -0.4 is 0 Å². The van der Waals surface area contributed by atoms with E-state index in [1.807, 2.05) is 0 Å². The van der Waals surface area contributed by atoms with Crippen molar-refractivity contribution in [3.63, 3.8) is 0 Å². The summed E-state index contributed by atoms with van der Waals surface area (Å²) in [5, 5.41) is 0.689. The van der Waals surface area contributed by atoms with Crippen LogP contribution >= 0.6 is 23.2 Å². The van der Waals surface area contributed by atoms with Crippen LogP contribution in [0.4, 0.5) is 0 Å². The number of nitrogens with zero attached hydrogens (tertiary/aromatic N) is 1. The van der Waals surface area contributed by atoms with Crippen LogP contribution in [0.1, 0.15) is 10.4 Å². The van der Waals surface area contributed by atoms with Gasteiger partial charge < -0.3 is 4.90 Å². The number of amides is 1. The number of likely N-dealkylation sites (tertiary alicyclic amines) is 1. The molecule has 0 radical (unpaired) electrons. The van der Waals surface area contributed by atoms with E-state index in [1.165, 1.54) is 0 Å². The Bertz CT molecular complexity index is 636. The van der Waals surface area contributed by atoms with Gasteiger partial charge in [0, 0.05) is 13.1 Å². The maximum absolute atomic E-state index is 12.3. The Hall–Kier alpha value is -0.780. The van der Waals surface area contributed by atoms with E-state index in [2.05, 4.69) is 0 Å². The van der Waals surface area contributed by atoms with Crippen molar-refractivity contribution in [1.29, 1.82) is 0 Å². The Morgan fingerprint density at radius 1 is 1.10 bits per heavy atom. The molecule has 0 spiro atoms. The van der Waals surface area contributed by atoms with Crippen molar-refractivity contribution < 1.29 is 13.2 Å². The summed E-state index contributed by atoms with van der Waals surface area (Å²) in [5.41, 5.74) is 0.329. The van der Waals surface area contributed by atoms with Crippen molar-refractivity contribution in [2.45, 2.75) is 0 Å². The summed E-state index contributed by atoms with van der Waals surface area (Å²) in [4.78, 5) is 14.0. The molecule has 7 heteroatoms. The molecule has 2 heterocycles. The second kappa shape index (κ2) is 4.90. The molecule has 108 valence electrons. The van der Waals surface area contributed by atoms with E-state index < -0.39 is 9.84 Å². The van der Waals surface area contributed by atoms with E-state index in [4.69, 9.17) is 23.2 Å². The summed E-state index contributed by atoms with van der Waals surface area (Å²) in [6.07, 6.45) is 0. The normalized spacial score (nSPS) is 22.2. The minimum Gasteiger partial charge on any atom is -0.338 e. The highest BCUT2D eigenvalue weighted by Crippen LogP contribution is 2.35. The molecule has 2 aliphatic heterocycles. The zero-order chi connectivity index (χ0) is 14.5. The molecule has 2 fully saturated rings. The third-order valence-electron chi connectivity index (χ3n) is 3.98. The molecule has 0 aliphatic carbocycles. The fourth-order valence-electron chi connectivity index (χ4n) is 2.71. The average molecular weight is 334 g/mol. The van der Waals surface area contributed by atoms with Crippen LogP contribution in [0.25, 0.3) is 0 Å². The first-order valence-corrected chi connectivity index (χ1v) is 8.89. The Morgan fingerprint density at radius 2 is 1.65 bits per heavy atom. The largest absolute Gasteiger partial charge is 0.338 e. The van der Waals surface area contributed by atoms with Gasteiger partial charge in [-0.25, -0.2) is 8.42 Å². The van der Waals surface area contributed by atoms with Gasteiger partial charge in [-0.05, 0) is 24.0 Å². The van der Waals surface area contributed by atoms with E-state index in [0.29, 0.717) is 28.7 Å². The summed E-state index contributed by atoms with van der Waals surface area (Å²) in [7, 11) is -2.80. The predicted octanol–water partition coefficient (Wildman–Crippen LogP) is 2.11. The van der Waals surface area contributed by atoms with Crippen molar-refractivity contribution in [3.05, 3.63) is 33.8 Å². The molecule has 1 amide bonds. The molecule has 3 rings (SSSR count). The minimum atomic E-state index is -2.80. The Balaban J connectivity index is 1.64. The molecule has 1 aromatic rings. The third-order valence-corrected chi connectivity index (χ3v) is 6.48. The van der Waals surface area contributed by atoms with Gasteiger partial charge in [0.2, 0.25) is 0 Å². The van der Waals surface area contributed by atoms with Gasteiger partial charge in [-0.1, -0.05) is 29.3 Å². The second-order valence-electron chi connectivity index (χ2n) is 5.40. The van der Waals surface area contributed by atoms with Crippen LogP contribution in [-0.2, 0) is 9.84 Å². The van der Waals surface area contributed by atoms with Crippen LogP contribution in [0.2, 0.25) is 10.0 Å². The lowest BCUT2D eigenvalue weighted by molar-refractivity contribution is 0.0400. The van der Waals surface area contributed by atoms with Gasteiger partial charge in [0.15, 0.2) is 9.84 Å². The minimum absolute atomic E-state index is 0.181. The first-order valence-electron chi connectivity index (χ1n) is 6.31. The Kier molecular flexibility index (Phi) is 3.47. The van der Waals surface area contributed by atoms with Gasteiger partial charge in [-0.2, -0.15) is 0 Å². The van der Waals surface area contributed by atoms with Crippen LogP contribution in [0.5, 0.6) is 0 Å². The summed E-state index contributed by atoms with van der Waals surface area (Å²) in [6.45, 7) is 1.17. The van der Waals surface area contributed by atoms with Crippen LogP contribution in [-0.4, -0.2) is 43.8 Å². The number of benzene rings is 1. The Labute approximate surface area is 127 Å². The van der Waals surface area contributed by atoms with Crippen molar-refractivity contribution in [2.75, 3.05) is 24.6 Å². The van der Waals surface area contributed by atoms with E-state index in [1.54, 1.807) is 23.1 Å². The zero-order valence-electron chi connectivity index (χ0n) is 10.6. The predicted molar refractivity (Wildman–Crippen MR) is 78.0 cm³/mol. The topological polar surface area (TPSA) is 54.5 Å². The average Bonchev–Trinajstić information content (AvgIpc) is 2.24. The van der Waals surface area contributed by atoms with Gasteiger partial charge in [0.25, 0.3) is 5.91 Å². The number of sulfone groups is 1. The van der Waals surface area contributed by atoms with Gasteiger partial charge in [0.1, 0.15) is 0 Å². The standard InChI is InChI=1S/C13H13Cl2NO3S/c14-10-2-1-3-11(15)12(10)13(17)16-4-8(5-16)9-6-20(18,19)7-9/h1-3,8-9H,4-7H2. The lowest BCUT2D eigenvalue weighted by atomic mass is 9.87. The first kappa shape index (κ1) is 14.2. The van der Waals surface area contributed by atoms with Crippen molar-refractivity contribution in [1.82, 2.24) is 4.90 Å². The van der Waals surface area contributed by atoms with Crippen molar-refractivity contribution >= 4 is 38.9 Å². The monoisotopic (exact) mass is 333 g/mol. The summed E-state index contributed by atoms with van der Waals surface area (Å²) < 4.78 is 22.3. The molecule has 2 aliphatic rings. The fourth-order valence-corrected chi connectivity index (χ4v) is 5.02. The third kappa shape index (κ3) is 2.43. The number of carbonyl (C=O) groups is 1. The number of rotatable bonds is 2. The van der Waals surface area contributed by atoms with E-state index in [9.17, 15) is 13.2 Å². The number of carbonyl (C=O) groups excluding carboxylic acids is 1. The van der Waals surface area contributed by atoms with E-state index in [-0.39, 0.29) is 29.2 Å². The Morgan fingerprint density at radius 3 is 2.15 bits per heavy atom. The molecule has 0 atom stereocenters. The smallest absolute Gasteiger partial charge is 0.256 e. The molecule has 2 saturated heterocycles. The molecule has 20 heavy (non-hydrogen) atoms. The first-order chi connectivity index (χ1) is 9.37. The van der Waals surface area contributed by atoms with Gasteiger partial charge in [-0.3, -0.25) is 4.79 Å². The molecule has 0 saturated carbocycles. The molecule has 0 unspecified atom stereocenters. The fraction of sp³-hybridized carbons (Fsp3) is 0.462.